The molecule has 5 nitrogen and oxygen atoms in total. The number of carbonyl (C=O) groups is 1. The van der Waals surface area contributed by atoms with Gasteiger partial charge in [0, 0.05) is 11.6 Å². The third kappa shape index (κ3) is 4.57. The predicted octanol–water partition coefficient (Wildman–Crippen LogP) is 4.96. The molecule has 0 aliphatic carbocycles. The van der Waals surface area contributed by atoms with Crippen molar-refractivity contribution in [1.82, 2.24) is 4.98 Å². The number of aromatic nitrogens is 1. The molecule has 0 saturated heterocycles. The van der Waals surface area contributed by atoms with Gasteiger partial charge in [0.1, 0.15) is 22.8 Å². The molecule has 3 rings (SSSR count). The summed E-state index contributed by atoms with van der Waals surface area (Å²) in [6.07, 6.45) is 2.36. The van der Waals surface area contributed by atoms with E-state index >= 15 is 0 Å². The van der Waals surface area contributed by atoms with Gasteiger partial charge in [-0.1, -0.05) is 13.8 Å². The van der Waals surface area contributed by atoms with Crippen molar-refractivity contribution < 1.29 is 18.7 Å². The molecule has 0 aliphatic heterocycles. The molecule has 1 heterocycles. The summed E-state index contributed by atoms with van der Waals surface area (Å²) in [5, 5.41) is 3.71. The van der Waals surface area contributed by atoms with E-state index in [1.165, 1.54) is 24.3 Å². The number of pyridine rings is 1. The SMILES string of the molecule is CCCOc1ccc(NC(=O)[C@H](CC)Oc2ccc(F)cc2)c2cccnc12. The quantitative estimate of drug-likeness (QED) is 0.598. The van der Waals surface area contributed by atoms with Crippen molar-refractivity contribution >= 4 is 22.5 Å². The van der Waals surface area contributed by atoms with Gasteiger partial charge in [-0.15, -0.1) is 0 Å². The van der Waals surface area contributed by atoms with Crippen molar-refractivity contribution in [2.75, 3.05) is 11.9 Å². The Bertz CT molecular complexity index is 944. The smallest absolute Gasteiger partial charge is 0.265 e. The number of ether oxygens (including phenoxy) is 2. The molecule has 0 saturated carbocycles. The molecular formula is C22H23FN2O3. The van der Waals surface area contributed by atoms with Crippen molar-refractivity contribution in [3.05, 3.63) is 60.5 Å². The number of amides is 1. The molecule has 0 aliphatic rings. The number of hydrogen-bond acceptors (Lipinski definition) is 4. The fourth-order valence-corrected chi connectivity index (χ4v) is 2.80. The zero-order valence-electron chi connectivity index (χ0n) is 15.9. The van der Waals surface area contributed by atoms with Crippen LogP contribution in [0.1, 0.15) is 26.7 Å². The van der Waals surface area contributed by atoms with Gasteiger partial charge in [-0.05, 0) is 61.4 Å². The van der Waals surface area contributed by atoms with E-state index in [0.717, 1.165) is 11.8 Å². The maximum absolute atomic E-state index is 13.1. The molecule has 0 radical (unpaired) electrons. The van der Waals surface area contributed by atoms with Gasteiger partial charge in [0.05, 0.1) is 12.3 Å². The predicted molar refractivity (Wildman–Crippen MR) is 107 cm³/mol. The molecule has 1 aromatic heterocycles. The summed E-state index contributed by atoms with van der Waals surface area (Å²) in [7, 11) is 0. The van der Waals surface area contributed by atoms with Crippen LogP contribution in [-0.2, 0) is 4.79 Å². The van der Waals surface area contributed by atoms with Crippen molar-refractivity contribution in [2.45, 2.75) is 32.8 Å². The van der Waals surface area contributed by atoms with Gasteiger partial charge < -0.3 is 14.8 Å². The van der Waals surface area contributed by atoms with E-state index in [9.17, 15) is 9.18 Å². The summed E-state index contributed by atoms with van der Waals surface area (Å²) < 4.78 is 24.5. The van der Waals surface area contributed by atoms with Gasteiger partial charge in [-0.3, -0.25) is 9.78 Å². The Morgan fingerprint density at radius 3 is 2.64 bits per heavy atom. The highest BCUT2D eigenvalue weighted by Gasteiger charge is 2.20. The number of nitrogens with one attached hydrogen (secondary N) is 1. The second kappa shape index (κ2) is 9.17. The van der Waals surface area contributed by atoms with Crippen LogP contribution in [0.15, 0.2) is 54.7 Å². The van der Waals surface area contributed by atoms with Gasteiger partial charge in [-0.25, -0.2) is 4.39 Å². The lowest BCUT2D eigenvalue weighted by Gasteiger charge is -2.18. The topological polar surface area (TPSA) is 60.5 Å². The summed E-state index contributed by atoms with van der Waals surface area (Å²) in [6.45, 7) is 4.49. The molecule has 28 heavy (non-hydrogen) atoms. The van der Waals surface area contributed by atoms with Crippen LogP contribution < -0.4 is 14.8 Å². The van der Waals surface area contributed by atoms with Crippen molar-refractivity contribution in [2.24, 2.45) is 0 Å². The molecule has 0 spiro atoms. The summed E-state index contributed by atoms with van der Waals surface area (Å²) in [5.74, 6) is 0.497. The number of fused-ring (bicyclic) bond motifs is 1. The molecule has 1 atom stereocenters. The van der Waals surface area contributed by atoms with Crippen LogP contribution in [0.3, 0.4) is 0 Å². The zero-order chi connectivity index (χ0) is 19.9. The normalized spacial score (nSPS) is 11.8. The molecule has 3 aromatic rings. The van der Waals surface area contributed by atoms with E-state index < -0.39 is 6.10 Å². The Morgan fingerprint density at radius 1 is 1.14 bits per heavy atom. The molecule has 1 N–H and O–H groups in total. The first-order chi connectivity index (χ1) is 13.6. The minimum Gasteiger partial charge on any atom is -0.491 e. The van der Waals surface area contributed by atoms with E-state index in [1.807, 2.05) is 32.0 Å². The van der Waals surface area contributed by atoms with Gasteiger partial charge in [0.2, 0.25) is 0 Å². The minimum atomic E-state index is -0.701. The molecular weight excluding hydrogens is 359 g/mol. The highest BCUT2D eigenvalue weighted by molar-refractivity contribution is 6.04. The largest absolute Gasteiger partial charge is 0.491 e. The van der Waals surface area contributed by atoms with Crippen LogP contribution >= 0.6 is 0 Å². The van der Waals surface area contributed by atoms with Gasteiger partial charge >= 0.3 is 0 Å². The lowest BCUT2D eigenvalue weighted by atomic mass is 10.1. The molecule has 0 bridgehead atoms. The fraction of sp³-hybridized carbons (Fsp3) is 0.273. The lowest BCUT2D eigenvalue weighted by molar-refractivity contribution is -0.122. The number of benzene rings is 2. The maximum atomic E-state index is 13.1. The van der Waals surface area contributed by atoms with Crippen LogP contribution in [0.5, 0.6) is 11.5 Å². The highest BCUT2D eigenvalue weighted by atomic mass is 19.1. The van der Waals surface area contributed by atoms with Gasteiger partial charge in [0.25, 0.3) is 5.91 Å². The zero-order valence-corrected chi connectivity index (χ0v) is 15.9. The number of hydrogen-bond donors (Lipinski definition) is 1. The summed E-state index contributed by atoms with van der Waals surface area (Å²) in [4.78, 5) is 17.2. The van der Waals surface area contributed by atoms with Crippen LogP contribution in [0.4, 0.5) is 10.1 Å². The summed E-state index contributed by atoms with van der Waals surface area (Å²) >= 11 is 0. The monoisotopic (exact) mass is 382 g/mol. The van der Waals surface area contributed by atoms with E-state index in [2.05, 4.69) is 10.3 Å². The average Bonchev–Trinajstić information content (AvgIpc) is 2.72. The molecule has 6 heteroatoms. The molecule has 2 aromatic carbocycles. The molecule has 146 valence electrons. The van der Waals surface area contributed by atoms with Gasteiger partial charge in [0.15, 0.2) is 6.10 Å². The van der Waals surface area contributed by atoms with Crippen LogP contribution in [-0.4, -0.2) is 23.6 Å². The average molecular weight is 382 g/mol. The second-order valence-corrected chi connectivity index (χ2v) is 6.32. The van der Waals surface area contributed by atoms with Gasteiger partial charge in [-0.2, -0.15) is 0 Å². The maximum Gasteiger partial charge on any atom is 0.265 e. The van der Waals surface area contributed by atoms with E-state index in [4.69, 9.17) is 9.47 Å². The van der Waals surface area contributed by atoms with Crippen molar-refractivity contribution in [1.29, 1.82) is 0 Å². The number of carbonyl (C=O) groups excluding carboxylic acids is 1. The number of anilines is 1. The Labute approximate surface area is 163 Å². The minimum absolute atomic E-state index is 0.279. The number of nitrogens with zero attached hydrogens (tertiary/aromatic N) is 1. The van der Waals surface area contributed by atoms with Crippen LogP contribution in [0.25, 0.3) is 10.9 Å². The number of rotatable bonds is 8. The van der Waals surface area contributed by atoms with Crippen LogP contribution in [0.2, 0.25) is 0 Å². The first kappa shape index (κ1) is 19.6. The first-order valence-corrected chi connectivity index (χ1v) is 9.36. The standard InChI is InChI=1S/C22H23FN2O3/c1-3-14-27-20-12-11-18(17-6-5-13-24-21(17)20)25-22(26)19(4-2)28-16-9-7-15(23)8-10-16/h5-13,19H,3-4,14H2,1-2H3,(H,25,26)/t19-/m0/s1. The van der Waals surface area contributed by atoms with E-state index in [-0.39, 0.29) is 11.7 Å². The molecule has 1 amide bonds. The van der Waals surface area contributed by atoms with Crippen molar-refractivity contribution in [3.8, 4) is 11.5 Å². The van der Waals surface area contributed by atoms with E-state index in [1.54, 1.807) is 12.3 Å². The van der Waals surface area contributed by atoms with Crippen molar-refractivity contribution in [3.63, 3.8) is 0 Å². The Hall–Kier alpha value is -3.15. The Balaban J connectivity index is 1.80. The Morgan fingerprint density at radius 2 is 1.93 bits per heavy atom. The van der Waals surface area contributed by atoms with Crippen LogP contribution in [0, 0.1) is 5.82 Å². The molecule has 0 fully saturated rings. The summed E-state index contributed by atoms with van der Waals surface area (Å²) in [6, 6.07) is 12.9. The Kier molecular flexibility index (Phi) is 6.42. The highest BCUT2D eigenvalue weighted by Crippen LogP contribution is 2.30. The third-order valence-electron chi connectivity index (χ3n) is 4.21. The lowest BCUT2D eigenvalue weighted by Crippen LogP contribution is -2.32. The third-order valence-corrected chi connectivity index (χ3v) is 4.21. The summed E-state index contributed by atoms with van der Waals surface area (Å²) in [5.41, 5.74) is 1.33. The fourth-order valence-electron chi connectivity index (χ4n) is 2.80. The first-order valence-electron chi connectivity index (χ1n) is 9.36. The van der Waals surface area contributed by atoms with E-state index in [0.29, 0.717) is 35.7 Å². The molecule has 0 unspecified atom stereocenters. The number of halogens is 1. The second-order valence-electron chi connectivity index (χ2n) is 6.32.